The maximum atomic E-state index is 14.4. The second-order valence-corrected chi connectivity index (χ2v) is 10.3. The molecule has 3 nitrogen and oxygen atoms in total. The lowest BCUT2D eigenvalue weighted by molar-refractivity contribution is -0.183. The summed E-state index contributed by atoms with van der Waals surface area (Å²) in [6.07, 6.45) is -1.44. The monoisotopic (exact) mass is 514 g/mol. The van der Waals surface area contributed by atoms with Gasteiger partial charge in [0, 0.05) is 18.1 Å². The molecule has 1 N–H and O–H groups in total. The molecule has 1 amide bonds. The first-order chi connectivity index (χ1) is 15.6. The molecule has 9 heteroatoms. The molecular formula is C24H20Cl3F3N2O. The van der Waals surface area contributed by atoms with Crippen molar-refractivity contribution in [3.05, 3.63) is 67.7 Å². The Hall–Kier alpha value is -1.76. The Morgan fingerprint density at radius 2 is 1.76 bits per heavy atom. The van der Waals surface area contributed by atoms with Crippen molar-refractivity contribution in [3.63, 3.8) is 0 Å². The second-order valence-electron chi connectivity index (χ2n) is 9.06. The number of alkyl halides is 3. The summed E-state index contributed by atoms with van der Waals surface area (Å²) in [6.45, 7) is -0.447. The van der Waals surface area contributed by atoms with Crippen molar-refractivity contribution in [2.45, 2.75) is 49.7 Å². The van der Waals surface area contributed by atoms with Crippen molar-refractivity contribution in [1.82, 2.24) is 5.32 Å². The van der Waals surface area contributed by atoms with Gasteiger partial charge in [-0.1, -0.05) is 46.9 Å². The van der Waals surface area contributed by atoms with Crippen LogP contribution in [-0.4, -0.2) is 24.3 Å². The van der Waals surface area contributed by atoms with E-state index in [4.69, 9.17) is 34.8 Å². The summed E-state index contributed by atoms with van der Waals surface area (Å²) in [4.78, 5) is 16.5. The summed E-state index contributed by atoms with van der Waals surface area (Å²) in [5.41, 5.74) is 0.864. The maximum Gasteiger partial charge on any atom is 0.400 e. The van der Waals surface area contributed by atoms with E-state index in [0.717, 1.165) is 36.8 Å². The third-order valence-electron chi connectivity index (χ3n) is 6.91. The largest absolute Gasteiger partial charge is 0.400 e. The fourth-order valence-electron chi connectivity index (χ4n) is 4.78. The van der Waals surface area contributed by atoms with Gasteiger partial charge in [-0.15, -0.1) is 0 Å². The first-order valence-corrected chi connectivity index (χ1v) is 11.9. The summed E-state index contributed by atoms with van der Waals surface area (Å²) < 4.78 is 43.2. The second kappa shape index (κ2) is 8.17. The minimum atomic E-state index is -4.56. The molecule has 2 atom stereocenters. The topological polar surface area (TPSA) is 41.5 Å². The number of hydrogen-bond donors (Lipinski definition) is 1. The summed E-state index contributed by atoms with van der Waals surface area (Å²) >= 11 is 18.1. The fraction of sp³-hybridized carbons (Fsp3) is 0.417. The van der Waals surface area contributed by atoms with E-state index in [0.29, 0.717) is 11.3 Å². The molecular weight excluding hydrogens is 496 g/mol. The molecule has 5 rings (SSSR count). The standard InChI is InChI=1S/C24H20Cl3F3N2O/c25-17-8-15(9-18(26)21(17)27)23(24(28,29)30)10-20(31-11-23)14-3-5-16-13(7-14)4-6-19(16)32-22(33)12-1-2-12/h3,5,7-9,12,19H,1-2,4,6,10-11H2,(H,32,33). The number of aryl methyl sites for hydroxylation is 1. The van der Waals surface area contributed by atoms with Crippen LogP contribution in [0.1, 0.15) is 54.0 Å². The Morgan fingerprint density at radius 1 is 1.06 bits per heavy atom. The van der Waals surface area contributed by atoms with Crippen LogP contribution in [0.3, 0.4) is 0 Å². The lowest BCUT2D eigenvalue weighted by Gasteiger charge is -2.32. The zero-order valence-electron chi connectivity index (χ0n) is 17.4. The number of fused-ring (bicyclic) bond motifs is 1. The van der Waals surface area contributed by atoms with Gasteiger partial charge in [0.1, 0.15) is 5.41 Å². The highest BCUT2D eigenvalue weighted by molar-refractivity contribution is 6.48. The van der Waals surface area contributed by atoms with Gasteiger partial charge in [0.2, 0.25) is 5.91 Å². The average Bonchev–Trinajstić information content (AvgIpc) is 3.39. The van der Waals surface area contributed by atoms with Crippen LogP contribution in [0.4, 0.5) is 13.2 Å². The summed E-state index contributed by atoms with van der Waals surface area (Å²) in [5.74, 6) is 0.221. The predicted octanol–water partition coefficient (Wildman–Crippen LogP) is 6.85. The number of halogens is 6. The highest BCUT2D eigenvalue weighted by atomic mass is 35.5. The van der Waals surface area contributed by atoms with Gasteiger partial charge in [-0.2, -0.15) is 13.2 Å². The van der Waals surface area contributed by atoms with Gasteiger partial charge in [-0.25, -0.2) is 0 Å². The van der Waals surface area contributed by atoms with Gasteiger partial charge in [0.15, 0.2) is 0 Å². The van der Waals surface area contributed by atoms with E-state index in [1.54, 1.807) is 6.07 Å². The molecule has 2 aromatic rings. The molecule has 2 aliphatic carbocycles. The fourth-order valence-corrected chi connectivity index (χ4v) is 5.38. The van der Waals surface area contributed by atoms with E-state index in [-0.39, 0.29) is 44.9 Å². The zero-order chi connectivity index (χ0) is 23.5. The molecule has 1 saturated carbocycles. The van der Waals surface area contributed by atoms with Crippen molar-refractivity contribution in [2.24, 2.45) is 10.9 Å². The molecule has 1 heterocycles. The third kappa shape index (κ3) is 4.04. The highest BCUT2D eigenvalue weighted by Crippen LogP contribution is 2.50. The molecule has 0 spiro atoms. The number of nitrogens with one attached hydrogen (secondary N) is 1. The molecule has 2 aromatic carbocycles. The van der Waals surface area contributed by atoms with Crippen LogP contribution in [-0.2, 0) is 16.6 Å². The van der Waals surface area contributed by atoms with Crippen molar-refractivity contribution in [3.8, 4) is 0 Å². The van der Waals surface area contributed by atoms with Crippen molar-refractivity contribution >= 4 is 46.4 Å². The van der Waals surface area contributed by atoms with Crippen LogP contribution in [0.15, 0.2) is 35.3 Å². The zero-order valence-corrected chi connectivity index (χ0v) is 19.7. The maximum absolute atomic E-state index is 14.4. The van der Waals surface area contributed by atoms with E-state index in [2.05, 4.69) is 10.3 Å². The Morgan fingerprint density at radius 3 is 2.39 bits per heavy atom. The number of rotatable bonds is 4. The van der Waals surface area contributed by atoms with Crippen LogP contribution in [0, 0.1) is 5.92 Å². The first kappa shape index (κ1) is 23.0. The summed E-state index contributed by atoms with van der Waals surface area (Å²) in [7, 11) is 0. The Labute approximate surface area is 204 Å². The number of benzene rings is 2. The smallest absolute Gasteiger partial charge is 0.349 e. The molecule has 0 bridgehead atoms. The highest BCUT2D eigenvalue weighted by Gasteiger charge is 2.58. The van der Waals surface area contributed by atoms with Crippen LogP contribution in [0.2, 0.25) is 15.1 Å². The minimum absolute atomic E-state index is 0.0203. The van der Waals surface area contributed by atoms with Gasteiger partial charge < -0.3 is 5.32 Å². The molecule has 0 aromatic heterocycles. The van der Waals surface area contributed by atoms with Crippen LogP contribution < -0.4 is 5.32 Å². The van der Waals surface area contributed by atoms with Crippen molar-refractivity contribution in [1.29, 1.82) is 0 Å². The van der Waals surface area contributed by atoms with Gasteiger partial charge in [0.05, 0.1) is 27.7 Å². The number of carbonyl (C=O) groups excluding carboxylic acids is 1. The molecule has 33 heavy (non-hydrogen) atoms. The lowest BCUT2D eigenvalue weighted by Crippen LogP contribution is -2.43. The summed E-state index contributed by atoms with van der Waals surface area (Å²) in [5, 5.41) is 3.09. The molecule has 174 valence electrons. The third-order valence-corrected chi connectivity index (χ3v) is 8.10. The normalized spacial score (nSPS) is 24.5. The van der Waals surface area contributed by atoms with Gasteiger partial charge in [0.25, 0.3) is 0 Å². The SMILES string of the molecule is O=C(NC1CCc2cc(C3=NCC(c4cc(Cl)c(Cl)c(Cl)c4)(C(F)(F)F)C3)ccc21)C1CC1. The van der Waals surface area contributed by atoms with E-state index in [9.17, 15) is 18.0 Å². The van der Waals surface area contributed by atoms with E-state index < -0.39 is 18.1 Å². The average molecular weight is 516 g/mol. The number of carbonyl (C=O) groups is 1. The number of aliphatic imine (C=N–C) groups is 1. The number of hydrogen-bond acceptors (Lipinski definition) is 2. The van der Waals surface area contributed by atoms with Gasteiger partial charge in [-0.3, -0.25) is 9.79 Å². The van der Waals surface area contributed by atoms with Crippen molar-refractivity contribution in [2.75, 3.05) is 6.54 Å². The summed E-state index contributed by atoms with van der Waals surface area (Å²) in [6, 6.07) is 8.04. The van der Waals surface area contributed by atoms with Gasteiger partial charge in [-0.05, 0) is 66.1 Å². The van der Waals surface area contributed by atoms with E-state index >= 15 is 0 Å². The van der Waals surface area contributed by atoms with E-state index in [1.165, 1.54) is 12.1 Å². The molecule has 2 unspecified atom stereocenters. The van der Waals surface area contributed by atoms with E-state index in [1.807, 2.05) is 12.1 Å². The number of amides is 1. The molecule has 3 aliphatic rings. The van der Waals surface area contributed by atoms with Crippen LogP contribution >= 0.6 is 34.8 Å². The predicted molar refractivity (Wildman–Crippen MR) is 124 cm³/mol. The lowest BCUT2D eigenvalue weighted by atomic mass is 9.76. The molecule has 0 saturated heterocycles. The van der Waals surface area contributed by atoms with Crippen LogP contribution in [0.5, 0.6) is 0 Å². The molecule has 1 aliphatic heterocycles. The Balaban J connectivity index is 1.42. The minimum Gasteiger partial charge on any atom is -0.349 e. The molecule has 1 fully saturated rings. The Kier molecular flexibility index (Phi) is 5.70. The van der Waals surface area contributed by atoms with Gasteiger partial charge >= 0.3 is 6.18 Å². The number of nitrogens with zero attached hydrogens (tertiary/aromatic N) is 1. The van der Waals surface area contributed by atoms with Crippen molar-refractivity contribution < 1.29 is 18.0 Å². The Bertz CT molecular complexity index is 1150. The molecule has 0 radical (unpaired) electrons. The first-order valence-electron chi connectivity index (χ1n) is 10.8. The van der Waals surface area contributed by atoms with Crippen LogP contribution in [0.25, 0.3) is 0 Å². The quantitative estimate of drug-likeness (QED) is 0.444.